The second-order valence-electron chi connectivity index (χ2n) is 4.90. The van der Waals surface area contributed by atoms with Gasteiger partial charge in [-0.15, -0.1) is 11.3 Å². The molecule has 18 heavy (non-hydrogen) atoms. The second-order valence-corrected chi connectivity index (χ2v) is 6.45. The predicted molar refractivity (Wildman–Crippen MR) is 79.4 cm³/mol. The van der Waals surface area contributed by atoms with Crippen LogP contribution in [0.5, 0.6) is 0 Å². The van der Waals surface area contributed by atoms with Crippen LogP contribution in [0.4, 0.5) is 0 Å². The number of benzene rings is 1. The molecule has 0 atom stereocenters. The Morgan fingerprint density at radius 3 is 2.83 bits per heavy atom. The summed E-state index contributed by atoms with van der Waals surface area (Å²) in [6.45, 7) is 3.06. The molecular formula is C15H16ClNS. The van der Waals surface area contributed by atoms with Gasteiger partial charge < -0.3 is 5.32 Å². The van der Waals surface area contributed by atoms with Crippen LogP contribution < -0.4 is 5.32 Å². The molecule has 3 heteroatoms. The molecule has 0 saturated heterocycles. The van der Waals surface area contributed by atoms with Gasteiger partial charge in [0.2, 0.25) is 0 Å². The molecule has 1 N–H and O–H groups in total. The van der Waals surface area contributed by atoms with Crippen molar-refractivity contribution in [2.24, 2.45) is 0 Å². The van der Waals surface area contributed by atoms with Crippen molar-refractivity contribution in [3.8, 4) is 11.1 Å². The molecular weight excluding hydrogens is 262 g/mol. The van der Waals surface area contributed by atoms with Gasteiger partial charge in [0.25, 0.3) is 0 Å². The monoisotopic (exact) mass is 277 g/mol. The molecule has 0 unspecified atom stereocenters. The van der Waals surface area contributed by atoms with E-state index in [-0.39, 0.29) is 0 Å². The molecule has 1 aliphatic rings. The van der Waals surface area contributed by atoms with Crippen molar-refractivity contribution in [2.45, 2.75) is 32.4 Å². The molecule has 1 fully saturated rings. The molecule has 1 heterocycles. The van der Waals surface area contributed by atoms with E-state index in [0.29, 0.717) is 0 Å². The predicted octanol–water partition coefficient (Wildman–Crippen LogP) is 4.63. The topological polar surface area (TPSA) is 12.0 Å². The zero-order valence-electron chi connectivity index (χ0n) is 10.4. The van der Waals surface area contributed by atoms with Crippen LogP contribution >= 0.6 is 22.9 Å². The van der Waals surface area contributed by atoms with Crippen molar-refractivity contribution < 1.29 is 0 Å². The Bertz CT molecular complexity index is 557. The quantitative estimate of drug-likeness (QED) is 0.859. The number of hydrogen-bond acceptors (Lipinski definition) is 2. The molecule has 94 valence electrons. The van der Waals surface area contributed by atoms with Gasteiger partial charge in [0.1, 0.15) is 0 Å². The minimum Gasteiger partial charge on any atom is -0.310 e. The Morgan fingerprint density at radius 2 is 2.17 bits per heavy atom. The van der Waals surface area contributed by atoms with E-state index < -0.39 is 0 Å². The molecule has 2 aromatic rings. The molecule has 0 amide bonds. The molecule has 3 rings (SSSR count). The Kier molecular flexibility index (Phi) is 3.42. The highest BCUT2D eigenvalue weighted by Gasteiger charge is 2.20. The summed E-state index contributed by atoms with van der Waals surface area (Å²) in [6, 6.07) is 9.16. The summed E-state index contributed by atoms with van der Waals surface area (Å²) in [7, 11) is 0. The first kappa shape index (κ1) is 12.2. The number of hydrogen-bond donors (Lipinski definition) is 1. The Balaban J connectivity index is 1.91. The van der Waals surface area contributed by atoms with Crippen LogP contribution in [0.3, 0.4) is 0 Å². The van der Waals surface area contributed by atoms with E-state index in [2.05, 4.69) is 35.8 Å². The molecule has 0 spiro atoms. The molecule has 1 aliphatic carbocycles. The number of nitrogens with one attached hydrogen (secondary N) is 1. The zero-order valence-corrected chi connectivity index (χ0v) is 11.9. The van der Waals surface area contributed by atoms with Gasteiger partial charge in [-0.2, -0.15) is 0 Å². The fourth-order valence-corrected chi connectivity index (χ4v) is 3.01. The Hall–Kier alpha value is -0.830. The van der Waals surface area contributed by atoms with Crippen LogP contribution in [0.25, 0.3) is 11.1 Å². The van der Waals surface area contributed by atoms with Crippen LogP contribution in [0.1, 0.15) is 23.3 Å². The smallest absolute Gasteiger partial charge is 0.0409 e. The van der Waals surface area contributed by atoms with E-state index in [4.69, 9.17) is 11.6 Å². The van der Waals surface area contributed by atoms with Crippen LogP contribution in [-0.4, -0.2) is 6.04 Å². The van der Waals surface area contributed by atoms with Gasteiger partial charge in [0, 0.05) is 22.5 Å². The van der Waals surface area contributed by atoms with E-state index in [9.17, 15) is 0 Å². The second kappa shape index (κ2) is 5.04. The van der Waals surface area contributed by atoms with E-state index in [1.54, 1.807) is 11.3 Å². The first-order valence-corrected chi connectivity index (χ1v) is 7.55. The van der Waals surface area contributed by atoms with E-state index in [1.165, 1.54) is 34.4 Å². The lowest BCUT2D eigenvalue weighted by atomic mass is 10.0. The lowest BCUT2D eigenvalue weighted by Gasteiger charge is -2.10. The molecule has 0 radical (unpaired) electrons. The highest BCUT2D eigenvalue weighted by atomic mass is 35.5. The molecule has 1 nitrogen and oxygen atoms in total. The SMILES string of the molecule is Cc1cc(-c2ccc(Cl)cc2CNC2CC2)cs1. The summed E-state index contributed by atoms with van der Waals surface area (Å²) in [4.78, 5) is 1.35. The first-order valence-electron chi connectivity index (χ1n) is 6.30. The van der Waals surface area contributed by atoms with Gasteiger partial charge in [-0.05, 0) is 60.0 Å². The normalized spacial score (nSPS) is 15.0. The maximum atomic E-state index is 6.12. The van der Waals surface area contributed by atoms with Crippen molar-refractivity contribution >= 4 is 22.9 Å². The number of thiophene rings is 1. The highest BCUT2D eigenvalue weighted by molar-refractivity contribution is 7.10. The summed E-state index contributed by atoms with van der Waals surface area (Å²) < 4.78 is 0. The third-order valence-electron chi connectivity index (χ3n) is 3.27. The molecule has 1 saturated carbocycles. The highest BCUT2D eigenvalue weighted by Crippen LogP contribution is 2.30. The standard InChI is InChI=1S/C15H16ClNS/c1-10-6-12(9-18-10)15-5-2-13(16)7-11(15)8-17-14-3-4-14/h2,5-7,9,14,17H,3-4,8H2,1H3. The summed E-state index contributed by atoms with van der Waals surface area (Å²) in [5.74, 6) is 0. The van der Waals surface area contributed by atoms with Crippen LogP contribution in [0, 0.1) is 6.92 Å². The van der Waals surface area contributed by atoms with Crippen molar-refractivity contribution in [3.05, 3.63) is 45.1 Å². The first-order chi connectivity index (χ1) is 8.72. The molecule has 0 aliphatic heterocycles. The number of rotatable bonds is 4. The fourth-order valence-electron chi connectivity index (χ4n) is 2.12. The minimum atomic E-state index is 0.723. The van der Waals surface area contributed by atoms with Gasteiger partial charge in [-0.1, -0.05) is 17.7 Å². The van der Waals surface area contributed by atoms with Crippen molar-refractivity contribution in [2.75, 3.05) is 0 Å². The lowest BCUT2D eigenvalue weighted by Crippen LogP contribution is -2.15. The summed E-state index contributed by atoms with van der Waals surface area (Å²) >= 11 is 7.91. The number of halogens is 1. The van der Waals surface area contributed by atoms with Crippen molar-refractivity contribution in [1.82, 2.24) is 5.32 Å². The van der Waals surface area contributed by atoms with Gasteiger partial charge in [-0.3, -0.25) is 0 Å². The van der Waals surface area contributed by atoms with E-state index >= 15 is 0 Å². The molecule has 1 aromatic heterocycles. The largest absolute Gasteiger partial charge is 0.310 e. The van der Waals surface area contributed by atoms with Crippen molar-refractivity contribution in [3.63, 3.8) is 0 Å². The third-order valence-corrected chi connectivity index (χ3v) is 4.36. The maximum absolute atomic E-state index is 6.12. The number of aryl methyl sites for hydroxylation is 1. The average Bonchev–Trinajstić information content (AvgIpc) is 3.08. The summed E-state index contributed by atoms with van der Waals surface area (Å²) in [6.07, 6.45) is 2.63. The van der Waals surface area contributed by atoms with Gasteiger partial charge in [0.15, 0.2) is 0 Å². The third kappa shape index (κ3) is 2.77. The van der Waals surface area contributed by atoms with Gasteiger partial charge in [-0.25, -0.2) is 0 Å². The molecule has 0 bridgehead atoms. The van der Waals surface area contributed by atoms with Crippen LogP contribution in [0.15, 0.2) is 29.6 Å². The Labute approximate surface area is 117 Å². The fraction of sp³-hybridized carbons (Fsp3) is 0.333. The molecule has 1 aromatic carbocycles. The Morgan fingerprint density at radius 1 is 1.33 bits per heavy atom. The van der Waals surface area contributed by atoms with Gasteiger partial charge >= 0.3 is 0 Å². The van der Waals surface area contributed by atoms with Crippen molar-refractivity contribution in [1.29, 1.82) is 0 Å². The van der Waals surface area contributed by atoms with Gasteiger partial charge in [0.05, 0.1) is 0 Å². The average molecular weight is 278 g/mol. The minimum absolute atomic E-state index is 0.723. The van der Waals surface area contributed by atoms with E-state index in [1.807, 2.05) is 6.07 Å². The lowest BCUT2D eigenvalue weighted by molar-refractivity contribution is 0.689. The van der Waals surface area contributed by atoms with Crippen LogP contribution in [-0.2, 0) is 6.54 Å². The summed E-state index contributed by atoms with van der Waals surface area (Å²) in [5, 5.41) is 6.60. The maximum Gasteiger partial charge on any atom is 0.0409 e. The van der Waals surface area contributed by atoms with Crippen LogP contribution in [0.2, 0.25) is 5.02 Å². The van der Waals surface area contributed by atoms with E-state index in [0.717, 1.165) is 17.6 Å². The zero-order chi connectivity index (χ0) is 12.5. The summed E-state index contributed by atoms with van der Waals surface area (Å²) in [5.41, 5.74) is 3.91.